The van der Waals surface area contributed by atoms with Crippen LogP contribution in [0.15, 0.2) is 24.3 Å². The molecule has 1 aromatic carbocycles. The van der Waals surface area contributed by atoms with E-state index in [0.29, 0.717) is 11.4 Å². The Labute approximate surface area is 158 Å². The van der Waals surface area contributed by atoms with Crippen molar-refractivity contribution in [3.63, 3.8) is 0 Å². The highest BCUT2D eigenvalue weighted by molar-refractivity contribution is 5.96. The lowest BCUT2D eigenvalue weighted by molar-refractivity contribution is -0.124. The van der Waals surface area contributed by atoms with Gasteiger partial charge in [0.15, 0.2) is 0 Å². The first-order valence-electron chi connectivity index (χ1n) is 9.54. The van der Waals surface area contributed by atoms with Crippen LogP contribution < -0.4 is 16.0 Å². The van der Waals surface area contributed by atoms with Crippen molar-refractivity contribution in [3.05, 3.63) is 24.3 Å². The van der Waals surface area contributed by atoms with Crippen LogP contribution in [0.4, 0.5) is 16.2 Å². The Morgan fingerprint density at radius 3 is 2.12 bits per heavy atom. The Balaban J connectivity index is 2.64. The summed E-state index contributed by atoms with van der Waals surface area (Å²) in [6, 6.07) is 6.95. The van der Waals surface area contributed by atoms with Crippen molar-refractivity contribution < 1.29 is 9.59 Å². The van der Waals surface area contributed by atoms with E-state index in [-0.39, 0.29) is 17.5 Å². The first-order valence-corrected chi connectivity index (χ1v) is 9.54. The molecule has 3 N–H and O–H groups in total. The SMILES string of the molecule is CCCCCCC(C)(C)C(=O)Nc1cccc(NC(=O)NC(C)(C)C)c1. The molecule has 3 amide bonds. The van der Waals surface area contributed by atoms with E-state index < -0.39 is 5.41 Å². The number of nitrogens with one attached hydrogen (secondary N) is 3. The first-order chi connectivity index (χ1) is 12.0. The molecule has 0 aliphatic rings. The van der Waals surface area contributed by atoms with Gasteiger partial charge in [0.2, 0.25) is 5.91 Å². The Morgan fingerprint density at radius 1 is 0.923 bits per heavy atom. The largest absolute Gasteiger partial charge is 0.333 e. The van der Waals surface area contributed by atoms with E-state index in [9.17, 15) is 9.59 Å². The van der Waals surface area contributed by atoms with Gasteiger partial charge in [-0.25, -0.2) is 4.79 Å². The molecule has 0 aromatic heterocycles. The van der Waals surface area contributed by atoms with Crippen LogP contribution in [-0.4, -0.2) is 17.5 Å². The van der Waals surface area contributed by atoms with E-state index in [2.05, 4.69) is 22.9 Å². The van der Waals surface area contributed by atoms with Crippen molar-refractivity contribution in [1.29, 1.82) is 0 Å². The van der Waals surface area contributed by atoms with Gasteiger partial charge in [-0.05, 0) is 45.4 Å². The highest BCUT2D eigenvalue weighted by atomic mass is 16.2. The molecule has 0 aliphatic carbocycles. The van der Waals surface area contributed by atoms with Gasteiger partial charge >= 0.3 is 6.03 Å². The molecular weight excluding hydrogens is 326 g/mol. The van der Waals surface area contributed by atoms with Gasteiger partial charge in [0.1, 0.15) is 0 Å². The molecule has 0 spiro atoms. The van der Waals surface area contributed by atoms with Crippen molar-refractivity contribution >= 4 is 23.3 Å². The van der Waals surface area contributed by atoms with E-state index in [1.54, 1.807) is 12.1 Å². The number of anilines is 2. The van der Waals surface area contributed by atoms with Crippen LogP contribution >= 0.6 is 0 Å². The lowest BCUT2D eigenvalue weighted by atomic mass is 9.85. The van der Waals surface area contributed by atoms with E-state index in [1.165, 1.54) is 12.8 Å². The predicted octanol–water partition coefficient (Wildman–Crippen LogP) is 5.54. The fourth-order valence-corrected chi connectivity index (χ4v) is 2.59. The molecule has 0 radical (unpaired) electrons. The number of carbonyl (C=O) groups is 2. The quantitative estimate of drug-likeness (QED) is 0.532. The predicted molar refractivity (Wildman–Crippen MR) is 110 cm³/mol. The maximum absolute atomic E-state index is 12.6. The monoisotopic (exact) mass is 361 g/mol. The van der Waals surface area contributed by atoms with Gasteiger partial charge in [-0.15, -0.1) is 0 Å². The second kappa shape index (κ2) is 9.60. The molecule has 1 rings (SSSR count). The molecular formula is C21H35N3O2. The minimum Gasteiger partial charge on any atom is -0.333 e. The van der Waals surface area contributed by atoms with Crippen LogP contribution in [0.5, 0.6) is 0 Å². The van der Waals surface area contributed by atoms with Gasteiger partial charge in [-0.1, -0.05) is 52.5 Å². The number of hydrogen-bond acceptors (Lipinski definition) is 2. The van der Waals surface area contributed by atoms with Crippen LogP contribution in [0, 0.1) is 5.41 Å². The number of hydrogen-bond donors (Lipinski definition) is 3. The van der Waals surface area contributed by atoms with Crippen molar-refractivity contribution in [2.45, 2.75) is 79.2 Å². The smallest absolute Gasteiger partial charge is 0.319 e. The molecule has 5 heteroatoms. The summed E-state index contributed by atoms with van der Waals surface area (Å²) in [5.41, 5.74) is 0.605. The fraction of sp³-hybridized carbons (Fsp3) is 0.619. The van der Waals surface area contributed by atoms with Crippen LogP contribution in [-0.2, 0) is 4.79 Å². The van der Waals surface area contributed by atoms with Crippen LogP contribution in [0.3, 0.4) is 0 Å². The van der Waals surface area contributed by atoms with Crippen LogP contribution in [0.25, 0.3) is 0 Å². The molecule has 5 nitrogen and oxygen atoms in total. The zero-order valence-electron chi connectivity index (χ0n) is 17.2. The highest BCUT2D eigenvalue weighted by Crippen LogP contribution is 2.26. The molecule has 0 unspecified atom stereocenters. The van der Waals surface area contributed by atoms with Gasteiger partial charge in [0.25, 0.3) is 0 Å². The second-order valence-corrected chi connectivity index (χ2v) is 8.56. The minimum absolute atomic E-state index is 0.00490. The molecule has 146 valence electrons. The molecule has 0 bridgehead atoms. The third-order valence-electron chi connectivity index (χ3n) is 4.14. The van der Waals surface area contributed by atoms with Gasteiger partial charge in [0.05, 0.1) is 0 Å². The maximum Gasteiger partial charge on any atom is 0.319 e. The van der Waals surface area contributed by atoms with Gasteiger partial charge in [-0.2, -0.15) is 0 Å². The summed E-state index contributed by atoms with van der Waals surface area (Å²) in [7, 11) is 0. The topological polar surface area (TPSA) is 70.2 Å². The van der Waals surface area contributed by atoms with Crippen LogP contribution in [0.2, 0.25) is 0 Å². The molecule has 0 fully saturated rings. The highest BCUT2D eigenvalue weighted by Gasteiger charge is 2.27. The third-order valence-corrected chi connectivity index (χ3v) is 4.14. The zero-order chi connectivity index (χ0) is 19.8. The summed E-state index contributed by atoms with van der Waals surface area (Å²) in [6.45, 7) is 11.9. The lowest BCUT2D eigenvalue weighted by Crippen LogP contribution is -2.43. The molecule has 0 saturated heterocycles. The Bertz CT molecular complexity index is 604. The standard InChI is InChI=1S/C21H35N3O2/c1-7-8-9-10-14-21(5,6)18(25)22-16-12-11-13-17(15-16)23-19(26)24-20(2,3)4/h11-13,15H,7-10,14H2,1-6H3,(H,22,25)(H2,23,24,26). The molecule has 1 aromatic rings. The number of urea groups is 1. The van der Waals surface area contributed by atoms with Gasteiger partial charge in [0, 0.05) is 22.3 Å². The summed E-state index contributed by atoms with van der Waals surface area (Å²) in [5.74, 6) is 0.00490. The lowest BCUT2D eigenvalue weighted by Gasteiger charge is -2.24. The number of carbonyl (C=O) groups excluding carboxylic acids is 2. The van der Waals surface area contributed by atoms with Crippen molar-refractivity contribution in [1.82, 2.24) is 5.32 Å². The van der Waals surface area contributed by atoms with E-state index in [0.717, 1.165) is 19.3 Å². The average molecular weight is 362 g/mol. The average Bonchev–Trinajstić information content (AvgIpc) is 2.50. The van der Waals surface area contributed by atoms with E-state index >= 15 is 0 Å². The van der Waals surface area contributed by atoms with Gasteiger partial charge in [-0.3, -0.25) is 4.79 Å². The van der Waals surface area contributed by atoms with Gasteiger partial charge < -0.3 is 16.0 Å². The van der Waals surface area contributed by atoms with Crippen molar-refractivity contribution in [3.8, 4) is 0 Å². The maximum atomic E-state index is 12.6. The Hall–Kier alpha value is -2.04. The van der Waals surface area contributed by atoms with Crippen LogP contribution in [0.1, 0.15) is 73.6 Å². The van der Waals surface area contributed by atoms with Crippen molar-refractivity contribution in [2.24, 2.45) is 5.41 Å². The Morgan fingerprint density at radius 2 is 1.54 bits per heavy atom. The van der Waals surface area contributed by atoms with E-state index in [4.69, 9.17) is 0 Å². The molecule has 26 heavy (non-hydrogen) atoms. The number of benzene rings is 1. The molecule has 0 heterocycles. The number of amides is 3. The first kappa shape index (κ1) is 22.0. The number of unbranched alkanes of at least 4 members (excludes halogenated alkanes) is 3. The number of rotatable bonds is 8. The summed E-state index contributed by atoms with van der Waals surface area (Å²) < 4.78 is 0. The summed E-state index contributed by atoms with van der Waals surface area (Å²) in [5, 5.41) is 8.62. The fourth-order valence-electron chi connectivity index (χ4n) is 2.59. The molecule has 0 atom stereocenters. The molecule has 0 saturated carbocycles. The summed E-state index contributed by atoms with van der Waals surface area (Å²) in [6.07, 6.45) is 5.49. The minimum atomic E-state index is -0.416. The second-order valence-electron chi connectivity index (χ2n) is 8.56. The summed E-state index contributed by atoms with van der Waals surface area (Å²) in [4.78, 5) is 24.6. The molecule has 0 aliphatic heterocycles. The Kier molecular flexibility index (Phi) is 8.12. The summed E-state index contributed by atoms with van der Waals surface area (Å²) >= 11 is 0. The normalized spacial score (nSPS) is 11.8. The van der Waals surface area contributed by atoms with Crippen molar-refractivity contribution in [2.75, 3.05) is 10.6 Å². The zero-order valence-corrected chi connectivity index (χ0v) is 17.2. The van der Waals surface area contributed by atoms with E-state index in [1.807, 2.05) is 46.8 Å². The third kappa shape index (κ3) is 8.37.